The quantitative estimate of drug-likeness (QED) is 0.513. The summed E-state index contributed by atoms with van der Waals surface area (Å²) in [6.45, 7) is 0. The Kier molecular flexibility index (Phi) is 26.2. The van der Waals surface area contributed by atoms with Crippen LogP contribution in [0.5, 0.6) is 0 Å². The summed E-state index contributed by atoms with van der Waals surface area (Å²) in [4.78, 5) is 0. The molecular formula is C4H12Cl4PtS2. The van der Waals surface area contributed by atoms with Crippen molar-refractivity contribution in [3.63, 3.8) is 0 Å². The molecule has 0 heterocycles. The molecule has 0 aliphatic rings. The van der Waals surface area contributed by atoms with Crippen molar-refractivity contribution >= 4 is 61.2 Å². The zero-order valence-electron chi connectivity index (χ0n) is 6.64. The molecule has 0 amide bonds. The number of hydrogen-bond donors (Lipinski definition) is 0. The Hall–Kier alpha value is 2.55. The Morgan fingerprint density at radius 2 is 0.727 bits per heavy atom. The van der Waals surface area contributed by atoms with Crippen LogP contribution in [0.25, 0.3) is 0 Å². The molecule has 0 aliphatic heterocycles. The summed E-state index contributed by atoms with van der Waals surface area (Å²) in [5, 5.41) is 0. The topological polar surface area (TPSA) is 0 Å². The van der Waals surface area contributed by atoms with Gasteiger partial charge in [-0.15, -0.1) is 0 Å². The number of hydrogen-bond acceptors (Lipinski definition) is 2. The molecule has 0 N–H and O–H groups in total. The van der Waals surface area contributed by atoms with E-state index < -0.39 is 11.9 Å². The molecular weight excluding hydrogens is 449 g/mol. The van der Waals surface area contributed by atoms with E-state index in [1.807, 2.05) is 25.0 Å². The molecule has 0 radical (unpaired) electrons. The van der Waals surface area contributed by atoms with Gasteiger partial charge in [0.15, 0.2) is 0 Å². The molecule has 11 heavy (non-hydrogen) atoms. The van der Waals surface area contributed by atoms with Crippen molar-refractivity contribution in [1.29, 1.82) is 0 Å². The molecule has 0 aromatic carbocycles. The third-order valence-corrected chi connectivity index (χ3v) is 0. The zero-order chi connectivity index (χ0) is 9.91. The first-order chi connectivity index (χ1) is 4.83. The van der Waals surface area contributed by atoms with Crippen molar-refractivity contribution in [2.45, 2.75) is 0 Å². The first kappa shape index (κ1) is 19.2. The molecule has 0 saturated heterocycles. The second kappa shape index (κ2) is 15.0. The fraction of sp³-hybridized carbons (Fsp3) is 1.00. The Balaban J connectivity index is -0.0000000933. The van der Waals surface area contributed by atoms with Gasteiger partial charge >= 0.3 is 49.6 Å². The summed E-state index contributed by atoms with van der Waals surface area (Å²) in [5.41, 5.74) is 0. The van der Waals surface area contributed by atoms with Crippen LogP contribution in [-0.4, -0.2) is 25.0 Å². The van der Waals surface area contributed by atoms with Crippen molar-refractivity contribution in [1.82, 2.24) is 0 Å². The van der Waals surface area contributed by atoms with Gasteiger partial charge in [-0.3, -0.25) is 0 Å². The molecule has 7 heteroatoms. The number of rotatable bonds is 0. The first-order valence-electron chi connectivity index (χ1n) is 2.11. The van der Waals surface area contributed by atoms with Crippen LogP contribution in [0.1, 0.15) is 0 Å². The van der Waals surface area contributed by atoms with E-state index in [2.05, 4.69) is 0 Å². The second-order valence-corrected chi connectivity index (χ2v) is 22.4. The second-order valence-electron chi connectivity index (χ2n) is 1.09. The number of halogens is 4. The van der Waals surface area contributed by atoms with Gasteiger partial charge in [0.2, 0.25) is 0 Å². The van der Waals surface area contributed by atoms with E-state index in [-0.39, 0.29) is 0 Å². The Morgan fingerprint density at radius 3 is 0.727 bits per heavy atom. The van der Waals surface area contributed by atoms with Gasteiger partial charge in [0.1, 0.15) is 0 Å². The van der Waals surface area contributed by atoms with Gasteiger partial charge in [0, 0.05) is 0 Å². The van der Waals surface area contributed by atoms with Crippen LogP contribution in [0.2, 0.25) is 0 Å². The Bertz CT molecular complexity index is 50.5. The average molecular weight is 461 g/mol. The van der Waals surface area contributed by atoms with E-state index >= 15 is 0 Å². The van der Waals surface area contributed by atoms with Crippen molar-refractivity contribution in [2.75, 3.05) is 25.0 Å². The van der Waals surface area contributed by atoms with Gasteiger partial charge in [0.25, 0.3) is 0 Å². The van der Waals surface area contributed by atoms with Gasteiger partial charge < -0.3 is 0 Å². The van der Waals surface area contributed by atoms with Crippen molar-refractivity contribution in [3.8, 4) is 0 Å². The van der Waals surface area contributed by atoms with Crippen LogP contribution in [-0.2, 0) is 11.9 Å². The molecule has 0 fully saturated rings. The Labute approximate surface area is 97.0 Å². The summed E-state index contributed by atoms with van der Waals surface area (Å²) in [6, 6.07) is 0. The molecule has 0 rings (SSSR count). The maximum atomic E-state index is 5.01. The van der Waals surface area contributed by atoms with Gasteiger partial charge in [-0.25, -0.2) is 0 Å². The molecule has 0 saturated carbocycles. The van der Waals surface area contributed by atoms with E-state index in [0.29, 0.717) is 0 Å². The third-order valence-electron chi connectivity index (χ3n) is 0. The molecule has 0 unspecified atom stereocenters. The maximum absolute atomic E-state index is 5.01. The van der Waals surface area contributed by atoms with Gasteiger partial charge in [-0.2, -0.15) is 23.5 Å². The Morgan fingerprint density at radius 1 is 0.727 bits per heavy atom. The molecule has 0 spiro atoms. The van der Waals surface area contributed by atoms with Crippen LogP contribution < -0.4 is 0 Å². The third kappa shape index (κ3) is 215. The molecule has 0 atom stereocenters. The van der Waals surface area contributed by atoms with Crippen LogP contribution >= 0.6 is 61.2 Å². The fourth-order valence-electron chi connectivity index (χ4n) is 0. The van der Waals surface area contributed by atoms with Crippen LogP contribution in [0.15, 0.2) is 0 Å². The summed E-state index contributed by atoms with van der Waals surface area (Å²) in [5.74, 6) is 0. The minimum absolute atomic E-state index is 1.75. The van der Waals surface area contributed by atoms with Crippen molar-refractivity contribution < 1.29 is 11.9 Å². The first-order valence-corrected chi connectivity index (χ1v) is 16.6. The predicted molar refractivity (Wildman–Crippen MR) is 62.3 cm³/mol. The minimum atomic E-state index is -3.06. The summed E-state index contributed by atoms with van der Waals surface area (Å²) >= 11 is 0.444. The van der Waals surface area contributed by atoms with Gasteiger partial charge in [-0.1, -0.05) is 0 Å². The standard InChI is InChI=1S/2C2H6S.4ClH.Pt/c2*1-3-2;;;;;/h2*1-2H3;4*1H;/q;;;;;;+4/p-4. The van der Waals surface area contributed by atoms with Gasteiger partial charge in [0.05, 0.1) is 0 Å². The summed E-state index contributed by atoms with van der Waals surface area (Å²) in [7, 11) is 20.0. The van der Waals surface area contributed by atoms with Crippen molar-refractivity contribution in [3.05, 3.63) is 0 Å². The van der Waals surface area contributed by atoms with E-state index in [0.717, 1.165) is 0 Å². The fourth-order valence-corrected chi connectivity index (χ4v) is 0. The molecule has 0 aliphatic carbocycles. The average Bonchev–Trinajstić information content (AvgIpc) is 1.62. The molecule has 0 bridgehead atoms. The normalized spacial score (nSPS) is 10.2. The summed E-state index contributed by atoms with van der Waals surface area (Å²) < 4.78 is 0. The molecule has 0 aromatic heterocycles. The van der Waals surface area contributed by atoms with E-state index in [9.17, 15) is 0 Å². The SMILES string of the molecule is CSC.CSC.[Cl][Pt]([Cl])([Cl])[Cl]. The monoisotopic (exact) mass is 459 g/mol. The molecule has 78 valence electrons. The summed E-state index contributed by atoms with van der Waals surface area (Å²) in [6.07, 6.45) is 8.17. The zero-order valence-corrected chi connectivity index (χ0v) is 13.6. The van der Waals surface area contributed by atoms with Gasteiger partial charge in [-0.05, 0) is 25.0 Å². The molecule has 0 aromatic rings. The van der Waals surface area contributed by atoms with E-state index in [4.69, 9.17) is 37.7 Å². The predicted octanol–water partition coefficient (Wildman–Crippen LogP) is 4.71. The van der Waals surface area contributed by atoms with E-state index in [1.54, 1.807) is 23.5 Å². The van der Waals surface area contributed by atoms with Crippen LogP contribution in [0.3, 0.4) is 0 Å². The van der Waals surface area contributed by atoms with Crippen LogP contribution in [0.4, 0.5) is 0 Å². The van der Waals surface area contributed by atoms with Crippen LogP contribution in [0, 0.1) is 0 Å². The van der Waals surface area contributed by atoms with E-state index in [1.165, 1.54) is 0 Å². The molecule has 0 nitrogen and oxygen atoms in total. The number of thioether (sulfide) groups is 2. The van der Waals surface area contributed by atoms with Crippen molar-refractivity contribution in [2.24, 2.45) is 0 Å².